The Hall–Kier alpha value is -1.78. The molecule has 0 aliphatic carbocycles. The molecule has 8 nitrogen and oxygen atoms in total. The number of nitrogens with one attached hydrogen (secondary N) is 1. The number of nitrogens with zero attached hydrogens (tertiary/aromatic N) is 4. The number of carbonyl (C=O) groups excluding carboxylic acids is 1. The number of sulfonamides is 1. The molecule has 0 bridgehead atoms. The average molecular weight is 452 g/mol. The van der Waals surface area contributed by atoms with Crippen LogP contribution in [-0.4, -0.2) is 92.3 Å². The zero-order chi connectivity index (χ0) is 21.3. The molecule has 1 amide bonds. The standard InChI is InChI=1S/C20H26ClN5O3S/c1-24-7-9-25(10-8-24)14-19(27)23-16-5-6-26(13-16)30(28,29)18-4-2-3-15-11-22-12-17(21)20(15)18/h2-4,11-12,16H,5-10,13-14H2,1H3,(H,23,27). The van der Waals surface area contributed by atoms with E-state index in [-0.39, 0.29) is 23.4 Å². The Morgan fingerprint density at radius 1 is 1.20 bits per heavy atom. The van der Waals surface area contributed by atoms with Crippen molar-refractivity contribution in [3.63, 3.8) is 0 Å². The number of hydrogen-bond acceptors (Lipinski definition) is 6. The maximum atomic E-state index is 13.3. The van der Waals surface area contributed by atoms with Gasteiger partial charge in [-0.05, 0) is 19.5 Å². The van der Waals surface area contributed by atoms with Gasteiger partial charge in [-0.3, -0.25) is 14.7 Å². The fraction of sp³-hybridized carbons (Fsp3) is 0.500. The first-order chi connectivity index (χ1) is 14.3. The van der Waals surface area contributed by atoms with Gasteiger partial charge in [0.1, 0.15) is 0 Å². The van der Waals surface area contributed by atoms with Crippen molar-refractivity contribution < 1.29 is 13.2 Å². The SMILES string of the molecule is CN1CCN(CC(=O)NC2CCN(S(=O)(=O)c3cccc4cncc(Cl)c34)C2)CC1. The zero-order valence-corrected chi connectivity index (χ0v) is 18.5. The highest BCUT2D eigenvalue weighted by Crippen LogP contribution is 2.32. The minimum absolute atomic E-state index is 0.0527. The lowest BCUT2D eigenvalue weighted by Gasteiger charge is -2.32. The summed E-state index contributed by atoms with van der Waals surface area (Å²) >= 11 is 6.26. The monoisotopic (exact) mass is 451 g/mol. The summed E-state index contributed by atoms with van der Waals surface area (Å²) < 4.78 is 28.0. The Kier molecular flexibility index (Phi) is 6.26. The Morgan fingerprint density at radius 2 is 1.97 bits per heavy atom. The number of likely N-dealkylation sites (N-methyl/N-ethyl adjacent to an activating group) is 1. The molecule has 30 heavy (non-hydrogen) atoms. The topological polar surface area (TPSA) is 85.9 Å². The van der Waals surface area contributed by atoms with Crippen molar-refractivity contribution in [3.8, 4) is 0 Å². The van der Waals surface area contributed by atoms with Gasteiger partial charge in [-0.1, -0.05) is 23.7 Å². The molecule has 1 atom stereocenters. The van der Waals surface area contributed by atoms with Crippen molar-refractivity contribution in [2.24, 2.45) is 0 Å². The summed E-state index contributed by atoms with van der Waals surface area (Å²) in [7, 11) is -1.66. The van der Waals surface area contributed by atoms with Crippen LogP contribution in [0.15, 0.2) is 35.5 Å². The van der Waals surface area contributed by atoms with E-state index in [0.717, 1.165) is 26.2 Å². The molecular weight excluding hydrogens is 426 g/mol. The zero-order valence-electron chi connectivity index (χ0n) is 16.9. The number of hydrogen-bond donors (Lipinski definition) is 1. The second-order valence-electron chi connectivity index (χ2n) is 7.97. The van der Waals surface area contributed by atoms with Crippen LogP contribution in [0.25, 0.3) is 10.8 Å². The van der Waals surface area contributed by atoms with E-state index in [1.54, 1.807) is 24.4 Å². The van der Waals surface area contributed by atoms with E-state index in [1.807, 2.05) is 0 Å². The summed E-state index contributed by atoms with van der Waals surface area (Å²) in [5.74, 6) is -0.0527. The minimum Gasteiger partial charge on any atom is -0.351 e. The highest BCUT2D eigenvalue weighted by molar-refractivity contribution is 7.89. The maximum Gasteiger partial charge on any atom is 0.243 e. The van der Waals surface area contributed by atoms with Crippen LogP contribution in [0.2, 0.25) is 5.02 Å². The first-order valence-electron chi connectivity index (χ1n) is 10.1. The first kappa shape index (κ1) is 21.5. The molecule has 3 heterocycles. The number of aromatic nitrogens is 1. The minimum atomic E-state index is -3.74. The second kappa shape index (κ2) is 8.76. The van der Waals surface area contributed by atoms with Gasteiger partial charge in [0, 0.05) is 68.5 Å². The Balaban J connectivity index is 1.42. The van der Waals surface area contributed by atoms with Crippen LogP contribution in [0.4, 0.5) is 0 Å². The second-order valence-corrected chi connectivity index (χ2v) is 10.3. The lowest BCUT2D eigenvalue weighted by molar-refractivity contribution is -0.123. The predicted octanol–water partition coefficient (Wildman–Crippen LogP) is 1.01. The van der Waals surface area contributed by atoms with Crippen molar-refractivity contribution in [1.29, 1.82) is 0 Å². The van der Waals surface area contributed by atoms with Gasteiger partial charge >= 0.3 is 0 Å². The van der Waals surface area contributed by atoms with Gasteiger partial charge in [-0.25, -0.2) is 8.42 Å². The number of amides is 1. The molecule has 0 saturated carbocycles. The number of fused-ring (bicyclic) bond motifs is 1. The summed E-state index contributed by atoms with van der Waals surface area (Å²) in [6.07, 6.45) is 3.65. The van der Waals surface area contributed by atoms with Gasteiger partial charge in [-0.2, -0.15) is 4.31 Å². The summed E-state index contributed by atoms with van der Waals surface area (Å²) in [4.78, 5) is 21.0. The van der Waals surface area contributed by atoms with Crippen molar-refractivity contribution in [2.75, 3.05) is 52.9 Å². The van der Waals surface area contributed by atoms with Crippen molar-refractivity contribution >= 4 is 38.3 Å². The molecule has 0 spiro atoms. The molecule has 0 radical (unpaired) electrons. The third kappa shape index (κ3) is 4.45. The van der Waals surface area contributed by atoms with Gasteiger partial charge in [0.15, 0.2) is 0 Å². The highest BCUT2D eigenvalue weighted by atomic mass is 35.5. The molecule has 1 aromatic heterocycles. The molecule has 10 heteroatoms. The van der Waals surface area contributed by atoms with Crippen LogP contribution in [0.5, 0.6) is 0 Å². The average Bonchev–Trinajstić information content (AvgIpc) is 3.19. The van der Waals surface area contributed by atoms with E-state index in [0.29, 0.717) is 35.3 Å². The van der Waals surface area contributed by atoms with Gasteiger partial charge in [-0.15, -0.1) is 0 Å². The fourth-order valence-corrected chi connectivity index (χ4v) is 6.12. The molecule has 2 fully saturated rings. The number of carbonyl (C=O) groups is 1. The van der Waals surface area contributed by atoms with Crippen LogP contribution in [0.1, 0.15) is 6.42 Å². The van der Waals surface area contributed by atoms with Gasteiger partial charge in [0.2, 0.25) is 15.9 Å². The number of halogens is 1. The normalized spacial score (nSPS) is 21.9. The summed E-state index contributed by atoms with van der Waals surface area (Å²) in [6, 6.07) is 4.87. The Bertz CT molecular complexity index is 1030. The van der Waals surface area contributed by atoms with Crippen molar-refractivity contribution in [3.05, 3.63) is 35.6 Å². The Morgan fingerprint density at radius 3 is 2.73 bits per heavy atom. The third-order valence-corrected chi connectivity index (χ3v) is 7.99. The van der Waals surface area contributed by atoms with E-state index in [1.165, 1.54) is 10.5 Å². The lowest BCUT2D eigenvalue weighted by Crippen LogP contribution is -2.49. The van der Waals surface area contributed by atoms with Crippen molar-refractivity contribution in [1.82, 2.24) is 24.4 Å². The lowest BCUT2D eigenvalue weighted by atomic mass is 10.2. The van der Waals surface area contributed by atoms with Gasteiger partial charge in [0.05, 0.1) is 16.5 Å². The molecule has 2 aliphatic rings. The molecule has 4 rings (SSSR count). The quantitative estimate of drug-likeness (QED) is 0.730. The molecule has 1 N–H and O–H groups in total. The Labute approximate surface area is 181 Å². The molecule has 1 unspecified atom stereocenters. The maximum absolute atomic E-state index is 13.3. The summed E-state index contributed by atoms with van der Waals surface area (Å²) in [6.45, 7) is 4.61. The van der Waals surface area contributed by atoms with Crippen molar-refractivity contribution in [2.45, 2.75) is 17.4 Å². The molecular formula is C20H26ClN5O3S. The predicted molar refractivity (Wildman–Crippen MR) is 116 cm³/mol. The van der Waals surface area contributed by atoms with Gasteiger partial charge < -0.3 is 10.2 Å². The highest BCUT2D eigenvalue weighted by Gasteiger charge is 2.34. The van der Waals surface area contributed by atoms with Crippen LogP contribution in [-0.2, 0) is 14.8 Å². The smallest absolute Gasteiger partial charge is 0.243 e. The van der Waals surface area contributed by atoms with E-state index >= 15 is 0 Å². The van der Waals surface area contributed by atoms with Crippen LogP contribution in [0.3, 0.4) is 0 Å². The molecule has 2 saturated heterocycles. The van der Waals surface area contributed by atoms with Crippen LogP contribution < -0.4 is 5.32 Å². The molecule has 2 aromatic rings. The number of piperazine rings is 1. The van der Waals surface area contributed by atoms with E-state index in [2.05, 4.69) is 27.1 Å². The largest absolute Gasteiger partial charge is 0.351 e. The third-order valence-electron chi connectivity index (χ3n) is 5.80. The number of benzene rings is 1. The molecule has 1 aromatic carbocycles. The number of rotatable bonds is 5. The van der Waals surface area contributed by atoms with Crippen LogP contribution >= 0.6 is 11.6 Å². The van der Waals surface area contributed by atoms with Crippen LogP contribution in [0, 0.1) is 0 Å². The van der Waals surface area contributed by atoms with E-state index < -0.39 is 10.0 Å². The fourth-order valence-electron chi connectivity index (χ4n) is 4.06. The van der Waals surface area contributed by atoms with E-state index in [9.17, 15) is 13.2 Å². The number of pyridine rings is 1. The van der Waals surface area contributed by atoms with E-state index in [4.69, 9.17) is 11.6 Å². The van der Waals surface area contributed by atoms with Gasteiger partial charge in [0.25, 0.3) is 0 Å². The summed E-state index contributed by atoms with van der Waals surface area (Å²) in [5, 5.41) is 4.47. The molecule has 2 aliphatic heterocycles. The first-order valence-corrected chi connectivity index (χ1v) is 11.9. The summed E-state index contributed by atoms with van der Waals surface area (Å²) in [5.41, 5.74) is 0. The molecule has 162 valence electrons.